The maximum Gasteiger partial charge on any atom is 0.0208 e. The molecule has 0 fully saturated rings. The molecule has 0 radical (unpaired) electrons. The minimum absolute atomic E-state index is 0.603. The lowest BCUT2D eigenvalue weighted by Gasteiger charge is -2.22. The molecule has 0 spiro atoms. The van der Waals surface area contributed by atoms with Crippen LogP contribution in [0.5, 0.6) is 0 Å². The molecule has 0 bridgehead atoms. The van der Waals surface area contributed by atoms with E-state index in [0.29, 0.717) is 6.04 Å². The third kappa shape index (κ3) is 4.51. The standard InChI is InChI=1S/C16H27N/c1-6-16(7-2)14(5)17-11-15-9-12(3)8-13(4)10-15/h8-10,14,16-17H,6-7,11H2,1-5H3. The molecule has 96 valence electrons. The molecule has 0 amide bonds. The van der Waals surface area contributed by atoms with Gasteiger partial charge in [-0.2, -0.15) is 0 Å². The quantitative estimate of drug-likeness (QED) is 0.776. The summed E-state index contributed by atoms with van der Waals surface area (Å²) in [5.74, 6) is 0.793. The van der Waals surface area contributed by atoms with E-state index in [1.54, 1.807) is 0 Å². The molecule has 1 rings (SSSR count). The fourth-order valence-corrected chi connectivity index (χ4v) is 2.61. The summed E-state index contributed by atoms with van der Waals surface area (Å²) in [7, 11) is 0. The molecule has 17 heavy (non-hydrogen) atoms. The van der Waals surface area contributed by atoms with Crippen LogP contribution in [0.2, 0.25) is 0 Å². The second kappa shape index (κ2) is 6.80. The number of nitrogens with one attached hydrogen (secondary N) is 1. The number of aryl methyl sites for hydroxylation is 2. The van der Waals surface area contributed by atoms with E-state index in [1.807, 2.05) is 0 Å². The Morgan fingerprint density at radius 2 is 1.53 bits per heavy atom. The van der Waals surface area contributed by atoms with Crippen LogP contribution in [0, 0.1) is 19.8 Å². The lowest BCUT2D eigenvalue weighted by Crippen LogP contribution is -2.32. The smallest absolute Gasteiger partial charge is 0.0208 e. The summed E-state index contributed by atoms with van der Waals surface area (Å²) in [6.45, 7) is 12.2. The van der Waals surface area contributed by atoms with E-state index < -0.39 is 0 Å². The molecule has 1 unspecified atom stereocenters. The van der Waals surface area contributed by atoms with Crippen LogP contribution >= 0.6 is 0 Å². The summed E-state index contributed by atoms with van der Waals surface area (Å²) in [5, 5.41) is 3.66. The number of benzene rings is 1. The van der Waals surface area contributed by atoms with E-state index in [0.717, 1.165) is 12.5 Å². The van der Waals surface area contributed by atoms with Gasteiger partial charge in [-0.15, -0.1) is 0 Å². The fourth-order valence-electron chi connectivity index (χ4n) is 2.61. The van der Waals surface area contributed by atoms with Crippen molar-refractivity contribution in [3.63, 3.8) is 0 Å². The van der Waals surface area contributed by atoms with Gasteiger partial charge in [0, 0.05) is 12.6 Å². The van der Waals surface area contributed by atoms with E-state index in [-0.39, 0.29) is 0 Å². The van der Waals surface area contributed by atoms with Gasteiger partial charge < -0.3 is 5.32 Å². The van der Waals surface area contributed by atoms with Crippen LogP contribution in [0.15, 0.2) is 18.2 Å². The molecule has 0 aliphatic heterocycles. The van der Waals surface area contributed by atoms with Crippen molar-refractivity contribution in [3.05, 3.63) is 34.9 Å². The zero-order valence-corrected chi connectivity index (χ0v) is 12.0. The Hall–Kier alpha value is -0.820. The summed E-state index contributed by atoms with van der Waals surface area (Å²) < 4.78 is 0. The highest BCUT2D eigenvalue weighted by Crippen LogP contribution is 2.14. The summed E-state index contributed by atoms with van der Waals surface area (Å²) >= 11 is 0. The predicted octanol–water partition coefficient (Wildman–Crippen LogP) is 4.22. The Kier molecular flexibility index (Phi) is 5.70. The summed E-state index contributed by atoms with van der Waals surface area (Å²) in [5.41, 5.74) is 4.12. The van der Waals surface area contributed by atoms with Crippen molar-refractivity contribution < 1.29 is 0 Å². The van der Waals surface area contributed by atoms with Crippen molar-refractivity contribution in [1.29, 1.82) is 0 Å². The van der Waals surface area contributed by atoms with Gasteiger partial charge in [-0.1, -0.05) is 56.0 Å². The van der Waals surface area contributed by atoms with Gasteiger partial charge in [0.05, 0.1) is 0 Å². The molecule has 0 saturated carbocycles. The second-order valence-electron chi connectivity index (χ2n) is 5.24. The Balaban J connectivity index is 2.55. The Morgan fingerprint density at radius 3 is 2.00 bits per heavy atom. The van der Waals surface area contributed by atoms with Crippen LogP contribution in [-0.4, -0.2) is 6.04 Å². The van der Waals surface area contributed by atoms with Crippen LogP contribution < -0.4 is 5.32 Å². The maximum atomic E-state index is 3.66. The maximum absolute atomic E-state index is 3.66. The normalized spacial score (nSPS) is 13.1. The molecular weight excluding hydrogens is 206 g/mol. The van der Waals surface area contributed by atoms with Crippen LogP contribution in [-0.2, 0) is 6.54 Å². The number of rotatable bonds is 6. The Labute approximate surface area is 107 Å². The topological polar surface area (TPSA) is 12.0 Å². The first-order valence-corrected chi connectivity index (χ1v) is 6.87. The SMILES string of the molecule is CCC(CC)C(C)NCc1cc(C)cc(C)c1. The van der Waals surface area contributed by atoms with Crippen molar-refractivity contribution in [2.75, 3.05) is 0 Å². The molecule has 0 aliphatic carbocycles. The molecule has 0 heterocycles. The largest absolute Gasteiger partial charge is 0.310 e. The third-order valence-corrected chi connectivity index (χ3v) is 3.67. The minimum atomic E-state index is 0.603. The van der Waals surface area contributed by atoms with Crippen molar-refractivity contribution in [1.82, 2.24) is 5.32 Å². The monoisotopic (exact) mass is 233 g/mol. The van der Waals surface area contributed by atoms with Crippen LogP contribution in [0.4, 0.5) is 0 Å². The first kappa shape index (κ1) is 14.2. The van der Waals surface area contributed by atoms with E-state index in [1.165, 1.54) is 29.5 Å². The van der Waals surface area contributed by atoms with E-state index in [9.17, 15) is 0 Å². The van der Waals surface area contributed by atoms with Gasteiger partial charge in [-0.3, -0.25) is 0 Å². The van der Waals surface area contributed by atoms with Crippen molar-refractivity contribution in [3.8, 4) is 0 Å². The molecule has 0 saturated heterocycles. The van der Waals surface area contributed by atoms with Crippen molar-refractivity contribution in [2.45, 2.75) is 60.0 Å². The highest BCUT2D eigenvalue weighted by Gasteiger charge is 2.12. The lowest BCUT2D eigenvalue weighted by atomic mass is 9.95. The van der Waals surface area contributed by atoms with Gasteiger partial charge in [0.25, 0.3) is 0 Å². The minimum Gasteiger partial charge on any atom is -0.310 e. The lowest BCUT2D eigenvalue weighted by molar-refractivity contribution is 0.353. The second-order valence-corrected chi connectivity index (χ2v) is 5.24. The molecule has 0 aromatic heterocycles. The van der Waals surface area contributed by atoms with Gasteiger partial charge in [-0.25, -0.2) is 0 Å². The van der Waals surface area contributed by atoms with Gasteiger partial charge in [-0.05, 0) is 32.3 Å². The van der Waals surface area contributed by atoms with Crippen molar-refractivity contribution in [2.24, 2.45) is 5.92 Å². The molecule has 1 aromatic carbocycles. The average Bonchev–Trinajstić information content (AvgIpc) is 2.27. The van der Waals surface area contributed by atoms with Gasteiger partial charge in [0.1, 0.15) is 0 Å². The molecule has 1 heteroatoms. The molecule has 1 aromatic rings. The molecule has 1 nitrogen and oxygen atoms in total. The van der Waals surface area contributed by atoms with Crippen LogP contribution in [0.25, 0.3) is 0 Å². The summed E-state index contributed by atoms with van der Waals surface area (Å²) in [4.78, 5) is 0. The average molecular weight is 233 g/mol. The predicted molar refractivity (Wildman–Crippen MR) is 76.3 cm³/mol. The highest BCUT2D eigenvalue weighted by atomic mass is 14.9. The van der Waals surface area contributed by atoms with Gasteiger partial charge >= 0.3 is 0 Å². The van der Waals surface area contributed by atoms with Crippen LogP contribution in [0.3, 0.4) is 0 Å². The van der Waals surface area contributed by atoms with Gasteiger partial charge in [0.15, 0.2) is 0 Å². The van der Waals surface area contributed by atoms with E-state index in [4.69, 9.17) is 0 Å². The summed E-state index contributed by atoms with van der Waals surface area (Å²) in [6, 6.07) is 7.39. The first-order valence-electron chi connectivity index (χ1n) is 6.87. The third-order valence-electron chi connectivity index (χ3n) is 3.67. The molecule has 1 N–H and O–H groups in total. The van der Waals surface area contributed by atoms with Crippen molar-refractivity contribution >= 4 is 0 Å². The molecule has 1 atom stereocenters. The highest BCUT2D eigenvalue weighted by molar-refractivity contribution is 5.28. The van der Waals surface area contributed by atoms with Gasteiger partial charge in [0.2, 0.25) is 0 Å². The fraction of sp³-hybridized carbons (Fsp3) is 0.625. The van der Waals surface area contributed by atoms with Crippen LogP contribution in [0.1, 0.15) is 50.3 Å². The molecule has 0 aliphatic rings. The zero-order chi connectivity index (χ0) is 12.8. The first-order chi connectivity index (χ1) is 8.06. The zero-order valence-electron chi connectivity index (χ0n) is 12.0. The Morgan fingerprint density at radius 1 is 1.00 bits per heavy atom. The number of hydrogen-bond donors (Lipinski definition) is 1. The molecular formula is C16H27N. The number of hydrogen-bond acceptors (Lipinski definition) is 1. The summed E-state index contributed by atoms with van der Waals surface area (Å²) in [6.07, 6.45) is 2.52. The van der Waals surface area contributed by atoms with E-state index in [2.05, 4.69) is 58.1 Å². The van der Waals surface area contributed by atoms with E-state index >= 15 is 0 Å². The Bertz CT molecular complexity index is 319.